The van der Waals surface area contributed by atoms with Gasteiger partial charge in [-0.3, -0.25) is 0 Å². The van der Waals surface area contributed by atoms with Crippen LogP contribution < -0.4 is 0 Å². The molecule has 0 atom stereocenters. The van der Waals surface area contributed by atoms with Gasteiger partial charge in [0.1, 0.15) is 6.10 Å². The van der Waals surface area contributed by atoms with Gasteiger partial charge in [-0.05, 0) is 0 Å². The molecule has 0 aromatic heterocycles. The Labute approximate surface area is 98.9 Å². The van der Waals surface area contributed by atoms with Crippen molar-refractivity contribution in [3.8, 4) is 0 Å². The maximum atomic E-state index is 8.88. The normalized spacial score (nSPS) is 9.92. The summed E-state index contributed by atoms with van der Waals surface area (Å²) in [5, 5.41) is 24.0. The number of aliphatic hydroxyl groups is 3. The Morgan fingerprint density at radius 2 is 1.25 bits per heavy atom. The molecule has 0 aliphatic heterocycles. The zero-order chi connectivity index (χ0) is 9.49. The van der Waals surface area contributed by atoms with Crippen LogP contribution in [0.5, 0.6) is 0 Å². The van der Waals surface area contributed by atoms with Gasteiger partial charge in [0.05, 0.1) is 13.2 Å². The Balaban J connectivity index is -0.000000126. The molecule has 0 amide bonds. The fraction of sp³-hybridized carbons (Fsp3) is 1.00. The van der Waals surface area contributed by atoms with Gasteiger partial charge in [0.15, 0.2) is 0 Å². The van der Waals surface area contributed by atoms with E-state index < -0.39 is 13.9 Å². The van der Waals surface area contributed by atoms with Crippen molar-refractivity contribution in [2.45, 2.75) is 6.10 Å². The molecule has 72 valence electrons. The van der Waals surface area contributed by atoms with Crippen LogP contribution in [0, 0.1) is 0 Å². The first-order chi connectivity index (χ1) is 4.81. The van der Waals surface area contributed by atoms with Crippen molar-refractivity contribution in [1.29, 1.82) is 0 Å². The Hall–Kier alpha value is 1.25. The SMILES string of the molecule is O=P(O)(O)O.OCC(O)CO.[Ca]. The van der Waals surface area contributed by atoms with Gasteiger partial charge in [-0.2, -0.15) is 0 Å². The average Bonchev–Trinajstić information content (AvgIpc) is 1.83. The van der Waals surface area contributed by atoms with E-state index in [1.54, 1.807) is 0 Å². The molecule has 0 heterocycles. The van der Waals surface area contributed by atoms with Crippen LogP contribution in [-0.2, 0) is 4.57 Å². The van der Waals surface area contributed by atoms with Gasteiger partial charge in [-0.25, -0.2) is 4.57 Å². The summed E-state index contributed by atoms with van der Waals surface area (Å²) in [5.74, 6) is 0. The fourth-order valence-electron chi connectivity index (χ4n) is 0.0577. The van der Waals surface area contributed by atoms with Gasteiger partial charge in [-0.1, -0.05) is 0 Å². The zero-order valence-corrected chi connectivity index (χ0v) is 9.34. The largest absolute Gasteiger partial charge is 0.466 e. The number of aliphatic hydroxyl groups excluding tert-OH is 3. The van der Waals surface area contributed by atoms with Crippen molar-refractivity contribution in [2.75, 3.05) is 13.2 Å². The molecular weight excluding hydrogens is 219 g/mol. The molecule has 0 aliphatic carbocycles. The summed E-state index contributed by atoms with van der Waals surface area (Å²) in [6.07, 6.45) is -0.954. The van der Waals surface area contributed by atoms with E-state index in [4.69, 9.17) is 34.6 Å². The molecule has 12 heavy (non-hydrogen) atoms. The van der Waals surface area contributed by atoms with Crippen molar-refractivity contribution in [3.05, 3.63) is 0 Å². The molecule has 0 saturated heterocycles. The molecule has 0 saturated carbocycles. The van der Waals surface area contributed by atoms with Crippen molar-refractivity contribution < 1.29 is 34.6 Å². The van der Waals surface area contributed by atoms with E-state index in [-0.39, 0.29) is 51.0 Å². The standard InChI is InChI=1S/C3H8O3.Ca.H3O4P/c4-1-3(6)2-5;;1-5(2,3)4/h3-6H,1-2H2;;(H3,1,2,3,4). The molecule has 0 rings (SSSR count). The van der Waals surface area contributed by atoms with Crippen molar-refractivity contribution >= 4 is 45.6 Å². The van der Waals surface area contributed by atoms with Gasteiger partial charge in [0.2, 0.25) is 0 Å². The van der Waals surface area contributed by atoms with Gasteiger partial charge >= 0.3 is 7.82 Å². The second-order valence-electron chi connectivity index (χ2n) is 1.53. The number of rotatable bonds is 2. The van der Waals surface area contributed by atoms with Crippen LogP contribution in [0.1, 0.15) is 0 Å². The minimum atomic E-state index is -4.64. The van der Waals surface area contributed by atoms with E-state index in [0.29, 0.717) is 0 Å². The Kier molecular flexibility index (Phi) is 16.3. The third kappa shape index (κ3) is 42.9. The van der Waals surface area contributed by atoms with Gasteiger partial charge < -0.3 is 30.0 Å². The molecule has 2 radical (unpaired) electrons. The van der Waals surface area contributed by atoms with E-state index in [1.807, 2.05) is 0 Å². The summed E-state index contributed by atoms with van der Waals surface area (Å²) in [5.41, 5.74) is 0. The molecule has 7 nitrogen and oxygen atoms in total. The minimum Gasteiger partial charge on any atom is -0.394 e. The Morgan fingerprint density at radius 1 is 1.08 bits per heavy atom. The molecule has 0 spiro atoms. The monoisotopic (exact) mass is 230 g/mol. The van der Waals surface area contributed by atoms with E-state index in [0.717, 1.165) is 0 Å². The summed E-state index contributed by atoms with van der Waals surface area (Å²) in [6, 6.07) is 0. The molecule has 9 heteroatoms. The molecule has 0 aromatic carbocycles. The van der Waals surface area contributed by atoms with Gasteiger partial charge in [0, 0.05) is 37.7 Å². The van der Waals surface area contributed by atoms with Crippen LogP contribution in [-0.4, -0.2) is 87.1 Å². The Bertz CT molecular complexity index is 112. The summed E-state index contributed by atoms with van der Waals surface area (Å²) in [7, 11) is -4.64. The third-order valence-electron chi connectivity index (χ3n) is 0.421. The predicted octanol–water partition coefficient (Wildman–Crippen LogP) is -2.98. The van der Waals surface area contributed by atoms with E-state index >= 15 is 0 Å². The van der Waals surface area contributed by atoms with E-state index in [9.17, 15) is 0 Å². The summed E-state index contributed by atoms with van der Waals surface area (Å²) < 4.78 is 8.88. The quantitative estimate of drug-likeness (QED) is 0.220. The van der Waals surface area contributed by atoms with E-state index in [2.05, 4.69) is 0 Å². The van der Waals surface area contributed by atoms with E-state index in [1.165, 1.54) is 0 Å². The van der Waals surface area contributed by atoms with Gasteiger partial charge in [0.25, 0.3) is 0 Å². The Morgan fingerprint density at radius 3 is 1.25 bits per heavy atom. The van der Waals surface area contributed by atoms with Crippen molar-refractivity contribution in [1.82, 2.24) is 0 Å². The average molecular weight is 230 g/mol. The number of hydrogen-bond donors (Lipinski definition) is 6. The molecule has 0 aromatic rings. The van der Waals surface area contributed by atoms with Crippen molar-refractivity contribution in [2.24, 2.45) is 0 Å². The molecule has 0 aliphatic rings. The number of phosphoric acid groups is 1. The molecular formula is C3H11CaO7P. The van der Waals surface area contributed by atoms with Crippen LogP contribution >= 0.6 is 7.82 Å². The summed E-state index contributed by atoms with van der Waals surface area (Å²) in [6.45, 7) is -0.729. The first-order valence-electron chi connectivity index (χ1n) is 2.49. The van der Waals surface area contributed by atoms with Crippen molar-refractivity contribution in [3.63, 3.8) is 0 Å². The second-order valence-corrected chi connectivity index (χ2v) is 2.56. The summed E-state index contributed by atoms with van der Waals surface area (Å²) in [4.78, 5) is 21.6. The first-order valence-corrected chi connectivity index (χ1v) is 4.05. The van der Waals surface area contributed by atoms with Crippen LogP contribution in [0.4, 0.5) is 0 Å². The predicted molar refractivity (Wildman–Crippen MR) is 40.2 cm³/mol. The van der Waals surface area contributed by atoms with Gasteiger partial charge in [-0.15, -0.1) is 0 Å². The molecule has 0 fully saturated rings. The maximum Gasteiger partial charge on any atom is 0.466 e. The summed E-state index contributed by atoms with van der Waals surface area (Å²) >= 11 is 0. The minimum absolute atomic E-state index is 0. The number of hydrogen-bond acceptors (Lipinski definition) is 4. The van der Waals surface area contributed by atoms with Crippen LogP contribution in [0.3, 0.4) is 0 Å². The molecule has 0 bridgehead atoms. The van der Waals surface area contributed by atoms with Crippen LogP contribution in [0.25, 0.3) is 0 Å². The smallest absolute Gasteiger partial charge is 0.394 e. The van der Waals surface area contributed by atoms with Crippen LogP contribution in [0.15, 0.2) is 0 Å². The fourth-order valence-corrected chi connectivity index (χ4v) is 0.0577. The topological polar surface area (TPSA) is 138 Å². The maximum absolute atomic E-state index is 8.88. The van der Waals surface area contributed by atoms with Crippen LogP contribution in [0.2, 0.25) is 0 Å². The third-order valence-corrected chi connectivity index (χ3v) is 0.421. The molecule has 0 unspecified atom stereocenters. The molecule has 6 N–H and O–H groups in total. The first kappa shape index (κ1) is 18.9. The second kappa shape index (κ2) is 10.3. The zero-order valence-electron chi connectivity index (χ0n) is 6.24.